The first kappa shape index (κ1) is 9.26. The lowest BCUT2D eigenvalue weighted by molar-refractivity contribution is 0.855. The number of amidine groups is 1. The molecule has 1 heterocycles. The minimum Gasteiger partial charge on any atom is -0.387 e. The van der Waals surface area contributed by atoms with Gasteiger partial charge in [-0.2, -0.15) is 11.8 Å². The normalized spacial score (nSPS) is 31.7. The lowest BCUT2D eigenvalue weighted by Gasteiger charge is -2.28. The molecule has 2 nitrogen and oxygen atoms in total. The van der Waals surface area contributed by atoms with Crippen molar-refractivity contribution in [3.8, 4) is 0 Å². The van der Waals surface area contributed by atoms with Crippen LogP contribution in [-0.2, 0) is 0 Å². The number of nitrogens with two attached hydrogens (primary N) is 1. The summed E-state index contributed by atoms with van der Waals surface area (Å²) in [5.41, 5.74) is 5.48. The first-order valence-electron chi connectivity index (χ1n) is 3.82. The average molecular weight is 190 g/mol. The van der Waals surface area contributed by atoms with Gasteiger partial charge in [-0.15, -0.1) is 11.8 Å². The van der Waals surface area contributed by atoms with Crippen LogP contribution in [0.15, 0.2) is 0 Å². The SMILES string of the molecule is CCC1SCCSC1C(=N)N. The molecule has 0 amide bonds. The van der Waals surface area contributed by atoms with Crippen molar-refractivity contribution in [1.29, 1.82) is 5.41 Å². The van der Waals surface area contributed by atoms with Crippen LogP contribution in [0.25, 0.3) is 0 Å². The van der Waals surface area contributed by atoms with E-state index in [1.54, 1.807) is 0 Å². The molecule has 1 rings (SSSR count). The predicted octanol–water partition coefficient (Wildman–Crippen LogP) is 1.55. The van der Waals surface area contributed by atoms with Gasteiger partial charge in [-0.3, -0.25) is 5.41 Å². The van der Waals surface area contributed by atoms with Crippen molar-refractivity contribution >= 4 is 29.4 Å². The van der Waals surface area contributed by atoms with Gasteiger partial charge in [0, 0.05) is 16.8 Å². The molecule has 4 heteroatoms. The Labute approximate surface area is 76.2 Å². The zero-order valence-electron chi connectivity index (χ0n) is 6.67. The molecule has 0 aromatic heterocycles. The van der Waals surface area contributed by atoms with Gasteiger partial charge in [-0.1, -0.05) is 6.92 Å². The molecule has 0 radical (unpaired) electrons. The fourth-order valence-electron chi connectivity index (χ4n) is 1.19. The van der Waals surface area contributed by atoms with E-state index in [2.05, 4.69) is 6.92 Å². The fraction of sp³-hybridized carbons (Fsp3) is 0.857. The number of nitrogens with one attached hydrogen (secondary N) is 1. The summed E-state index contributed by atoms with van der Waals surface area (Å²) in [6.07, 6.45) is 1.13. The summed E-state index contributed by atoms with van der Waals surface area (Å²) >= 11 is 3.79. The van der Waals surface area contributed by atoms with Crippen LogP contribution in [0.1, 0.15) is 13.3 Å². The predicted molar refractivity (Wildman–Crippen MR) is 54.7 cm³/mol. The van der Waals surface area contributed by atoms with Crippen LogP contribution < -0.4 is 5.73 Å². The first-order valence-corrected chi connectivity index (χ1v) is 5.92. The van der Waals surface area contributed by atoms with Crippen molar-refractivity contribution < 1.29 is 0 Å². The second-order valence-electron chi connectivity index (χ2n) is 2.56. The van der Waals surface area contributed by atoms with E-state index >= 15 is 0 Å². The van der Waals surface area contributed by atoms with Gasteiger partial charge in [0.2, 0.25) is 0 Å². The topological polar surface area (TPSA) is 49.9 Å². The third-order valence-corrected chi connectivity index (χ3v) is 5.04. The highest BCUT2D eigenvalue weighted by Gasteiger charge is 2.26. The Kier molecular flexibility index (Phi) is 3.59. The highest BCUT2D eigenvalue weighted by atomic mass is 32.2. The largest absolute Gasteiger partial charge is 0.387 e. The van der Waals surface area contributed by atoms with Gasteiger partial charge >= 0.3 is 0 Å². The van der Waals surface area contributed by atoms with E-state index in [1.165, 1.54) is 5.75 Å². The monoisotopic (exact) mass is 190 g/mol. The van der Waals surface area contributed by atoms with Crippen LogP contribution in [0.5, 0.6) is 0 Å². The molecule has 0 aliphatic carbocycles. The summed E-state index contributed by atoms with van der Waals surface area (Å²) in [5, 5.41) is 8.22. The number of hydrogen-bond donors (Lipinski definition) is 2. The van der Waals surface area contributed by atoms with Gasteiger partial charge in [-0.05, 0) is 6.42 Å². The molecule has 1 fully saturated rings. The Morgan fingerprint density at radius 1 is 1.55 bits per heavy atom. The molecule has 1 aliphatic rings. The minimum atomic E-state index is 0.277. The van der Waals surface area contributed by atoms with E-state index in [1.807, 2.05) is 23.5 Å². The lowest BCUT2D eigenvalue weighted by atomic mass is 10.2. The van der Waals surface area contributed by atoms with E-state index in [0.29, 0.717) is 11.1 Å². The number of thioether (sulfide) groups is 2. The Balaban J connectivity index is 2.51. The maximum Gasteiger partial charge on any atom is 0.105 e. The van der Waals surface area contributed by atoms with Gasteiger partial charge in [0.15, 0.2) is 0 Å². The Morgan fingerprint density at radius 3 is 2.64 bits per heavy atom. The third kappa shape index (κ3) is 2.30. The zero-order valence-corrected chi connectivity index (χ0v) is 8.30. The van der Waals surface area contributed by atoms with Crippen molar-refractivity contribution in [1.82, 2.24) is 0 Å². The minimum absolute atomic E-state index is 0.277. The van der Waals surface area contributed by atoms with Crippen molar-refractivity contribution in [3.63, 3.8) is 0 Å². The van der Waals surface area contributed by atoms with Crippen LogP contribution in [0.4, 0.5) is 0 Å². The summed E-state index contributed by atoms with van der Waals surface area (Å²) in [6.45, 7) is 2.17. The van der Waals surface area contributed by atoms with Crippen molar-refractivity contribution in [2.75, 3.05) is 11.5 Å². The molecule has 0 aromatic rings. The summed E-state index contributed by atoms with van der Waals surface area (Å²) in [5.74, 6) is 2.72. The van der Waals surface area contributed by atoms with Crippen LogP contribution in [0, 0.1) is 5.41 Å². The zero-order chi connectivity index (χ0) is 8.27. The van der Waals surface area contributed by atoms with Gasteiger partial charge in [0.1, 0.15) is 5.84 Å². The molecule has 0 spiro atoms. The first-order chi connectivity index (χ1) is 5.25. The molecular formula is C7H14N2S2. The molecule has 11 heavy (non-hydrogen) atoms. The number of hydrogen-bond acceptors (Lipinski definition) is 3. The summed E-state index contributed by atoms with van der Waals surface area (Å²) in [7, 11) is 0. The molecule has 3 N–H and O–H groups in total. The molecule has 0 aromatic carbocycles. The molecule has 1 aliphatic heterocycles. The third-order valence-electron chi connectivity index (χ3n) is 1.76. The quantitative estimate of drug-likeness (QED) is 0.513. The summed E-state index contributed by atoms with van der Waals surface area (Å²) in [4.78, 5) is 0. The maximum atomic E-state index is 7.37. The van der Waals surface area contributed by atoms with Gasteiger partial charge in [-0.25, -0.2) is 0 Å². The second-order valence-corrected chi connectivity index (χ2v) is 5.16. The summed E-state index contributed by atoms with van der Waals surface area (Å²) < 4.78 is 0. The number of rotatable bonds is 2. The average Bonchev–Trinajstić information content (AvgIpc) is 2.04. The standard InChI is InChI=1S/C7H14N2S2/c1-2-5-6(7(8)9)11-4-3-10-5/h5-6H,2-4H2,1H3,(H3,8,9). The highest BCUT2D eigenvalue weighted by Crippen LogP contribution is 2.32. The second kappa shape index (κ2) is 4.26. The van der Waals surface area contributed by atoms with Gasteiger partial charge in [0.05, 0.1) is 5.25 Å². The van der Waals surface area contributed by atoms with Gasteiger partial charge < -0.3 is 5.73 Å². The van der Waals surface area contributed by atoms with Crippen LogP contribution in [0.2, 0.25) is 0 Å². The molecule has 2 atom stereocenters. The molecular weight excluding hydrogens is 176 g/mol. The smallest absolute Gasteiger partial charge is 0.105 e. The van der Waals surface area contributed by atoms with Crippen molar-refractivity contribution in [3.05, 3.63) is 0 Å². The van der Waals surface area contributed by atoms with Crippen molar-refractivity contribution in [2.45, 2.75) is 23.8 Å². The molecule has 1 saturated heterocycles. The van der Waals surface area contributed by atoms with Crippen LogP contribution >= 0.6 is 23.5 Å². The van der Waals surface area contributed by atoms with Gasteiger partial charge in [0.25, 0.3) is 0 Å². The van der Waals surface area contributed by atoms with E-state index in [-0.39, 0.29) is 5.25 Å². The van der Waals surface area contributed by atoms with Crippen LogP contribution in [-0.4, -0.2) is 27.8 Å². The van der Waals surface area contributed by atoms with Crippen molar-refractivity contribution in [2.24, 2.45) is 5.73 Å². The van der Waals surface area contributed by atoms with Crippen LogP contribution in [0.3, 0.4) is 0 Å². The highest BCUT2D eigenvalue weighted by molar-refractivity contribution is 8.07. The summed E-state index contributed by atoms with van der Waals surface area (Å²) in [6, 6.07) is 0. The fourth-order valence-corrected chi connectivity index (χ4v) is 4.13. The molecule has 64 valence electrons. The van der Waals surface area contributed by atoms with E-state index in [9.17, 15) is 0 Å². The lowest BCUT2D eigenvalue weighted by Crippen LogP contribution is -2.36. The molecule has 0 bridgehead atoms. The van der Waals surface area contributed by atoms with E-state index < -0.39 is 0 Å². The van der Waals surface area contributed by atoms with E-state index in [0.717, 1.165) is 12.2 Å². The molecule has 2 unspecified atom stereocenters. The maximum absolute atomic E-state index is 7.37. The Morgan fingerprint density at radius 2 is 2.18 bits per heavy atom. The van der Waals surface area contributed by atoms with E-state index in [4.69, 9.17) is 11.1 Å². The Hall–Kier alpha value is 0.170. The molecule has 0 saturated carbocycles. The Bertz CT molecular complexity index is 149.